The molecule has 10 aromatic rings. The molecule has 0 aliphatic rings. The maximum absolute atomic E-state index is 15.1. The van der Waals surface area contributed by atoms with Crippen LogP contribution in [0, 0.1) is 39.0 Å². The van der Waals surface area contributed by atoms with Crippen molar-refractivity contribution in [2.24, 2.45) is 0 Å². The summed E-state index contributed by atoms with van der Waals surface area (Å²) in [5.41, 5.74) is 8.22. The molecular weight excluding hydrogens is 817 g/mol. The van der Waals surface area contributed by atoms with Crippen LogP contribution in [0.15, 0.2) is 152 Å². The van der Waals surface area contributed by atoms with Crippen molar-refractivity contribution in [3.05, 3.63) is 191 Å². The van der Waals surface area contributed by atoms with Gasteiger partial charge in [-0.2, -0.15) is 31.6 Å². The van der Waals surface area contributed by atoms with Crippen molar-refractivity contribution in [1.82, 2.24) is 9.13 Å². The summed E-state index contributed by atoms with van der Waals surface area (Å²) in [7, 11) is 0. The van der Waals surface area contributed by atoms with Gasteiger partial charge in [0.25, 0.3) is 0 Å². The third-order valence-electron chi connectivity index (χ3n) is 12.4. The fourth-order valence-corrected chi connectivity index (χ4v) is 9.51. The first-order valence-corrected chi connectivity index (χ1v) is 20.7. The average Bonchev–Trinajstić information content (AvgIpc) is 3.77. The van der Waals surface area contributed by atoms with Gasteiger partial charge in [-0.1, -0.05) is 114 Å². The van der Waals surface area contributed by atoms with Crippen molar-refractivity contribution in [1.29, 1.82) is 5.26 Å². The Morgan fingerprint density at radius 2 is 0.875 bits per heavy atom. The molecule has 0 amide bonds. The zero-order valence-corrected chi connectivity index (χ0v) is 35.0. The van der Waals surface area contributed by atoms with Crippen LogP contribution in [0.25, 0.3) is 88.4 Å². The zero-order chi connectivity index (χ0) is 44.8. The number of nitriles is 1. The molecule has 0 saturated carbocycles. The Hall–Kier alpha value is -7.57. The Morgan fingerprint density at radius 3 is 1.31 bits per heavy atom. The van der Waals surface area contributed by atoms with Crippen molar-refractivity contribution in [3.8, 4) is 50.8 Å². The van der Waals surface area contributed by atoms with Gasteiger partial charge >= 0.3 is 12.4 Å². The van der Waals surface area contributed by atoms with Crippen LogP contribution in [0.3, 0.4) is 0 Å². The summed E-state index contributed by atoms with van der Waals surface area (Å²) in [6.07, 6.45) is -10.2. The van der Waals surface area contributed by atoms with E-state index < -0.39 is 29.0 Å². The molecule has 0 spiro atoms. The number of hydrogen-bond donors (Lipinski definition) is 0. The third kappa shape index (κ3) is 6.60. The first-order chi connectivity index (χ1) is 30.6. The van der Waals surface area contributed by atoms with E-state index in [0.717, 1.165) is 72.1 Å². The second kappa shape index (κ2) is 14.8. The molecule has 0 unspecified atom stereocenters. The summed E-state index contributed by atoms with van der Waals surface area (Å²) in [5, 5.41) is 14.9. The van der Waals surface area contributed by atoms with Crippen LogP contribution >= 0.6 is 0 Å². The van der Waals surface area contributed by atoms with E-state index in [-0.39, 0.29) is 28.6 Å². The Kier molecular flexibility index (Phi) is 9.35. The molecule has 2 aromatic heterocycles. The van der Waals surface area contributed by atoms with Gasteiger partial charge in [-0.25, -0.2) is 0 Å². The lowest BCUT2D eigenvalue weighted by Gasteiger charge is -2.21. The monoisotopic (exact) mass is 853 g/mol. The maximum Gasteiger partial charge on any atom is 0.417 e. The van der Waals surface area contributed by atoms with Gasteiger partial charge in [-0.3, -0.25) is 0 Å². The molecule has 10 rings (SSSR count). The van der Waals surface area contributed by atoms with Gasteiger partial charge in [0.2, 0.25) is 0 Å². The third-order valence-corrected chi connectivity index (χ3v) is 12.4. The Bertz CT molecular complexity index is 3410. The lowest BCUT2D eigenvalue weighted by atomic mass is 9.94. The quantitative estimate of drug-likeness (QED) is 0.159. The van der Waals surface area contributed by atoms with Gasteiger partial charge in [-0.05, 0) is 121 Å². The minimum absolute atomic E-state index is 0.0158. The van der Waals surface area contributed by atoms with E-state index >= 15 is 13.2 Å². The molecule has 0 atom stereocenters. The van der Waals surface area contributed by atoms with E-state index in [9.17, 15) is 18.4 Å². The number of hydrogen-bond acceptors (Lipinski definition) is 1. The lowest BCUT2D eigenvalue weighted by Crippen LogP contribution is -2.12. The molecule has 0 saturated heterocycles. The number of benzene rings is 8. The van der Waals surface area contributed by atoms with E-state index in [2.05, 4.69) is 30.3 Å². The normalized spacial score (nSPS) is 12.2. The number of para-hydroxylation sites is 2. The van der Waals surface area contributed by atoms with Gasteiger partial charge < -0.3 is 9.13 Å². The van der Waals surface area contributed by atoms with Crippen molar-refractivity contribution >= 4 is 43.6 Å². The highest BCUT2D eigenvalue weighted by atomic mass is 19.4. The van der Waals surface area contributed by atoms with Crippen LogP contribution in [0.2, 0.25) is 0 Å². The summed E-state index contributed by atoms with van der Waals surface area (Å²) < 4.78 is 91.4. The molecule has 0 aliphatic carbocycles. The molecule has 64 heavy (non-hydrogen) atoms. The minimum atomic E-state index is -5.16. The SMILES string of the molecule is Cc1ccc(-c2ccc3c4ccccc4n(-c4cc(-c5ccc(C(F)(F)F)cc5C(F)(F)F)cc(-n5c6ccccc6c6ccc(-c7ccc(C)cc7C)cc65)c4C#N)c3c2)c(C)c1. The van der Waals surface area contributed by atoms with Crippen LogP contribution in [0.4, 0.5) is 26.3 Å². The molecular formula is C55H37F6N3. The fourth-order valence-electron chi connectivity index (χ4n) is 9.51. The number of rotatable bonds is 5. The lowest BCUT2D eigenvalue weighted by molar-refractivity contribution is -0.142. The van der Waals surface area contributed by atoms with Crippen molar-refractivity contribution < 1.29 is 26.3 Å². The first-order valence-electron chi connectivity index (χ1n) is 20.7. The number of aryl methyl sites for hydroxylation is 4. The van der Waals surface area contributed by atoms with Gasteiger partial charge in [-0.15, -0.1) is 0 Å². The highest BCUT2D eigenvalue weighted by Gasteiger charge is 2.39. The average molecular weight is 854 g/mol. The van der Waals surface area contributed by atoms with E-state index in [1.807, 2.05) is 134 Å². The first kappa shape index (κ1) is 40.5. The number of aromatic nitrogens is 2. The summed E-state index contributed by atoms with van der Waals surface area (Å²) in [6, 6.07) is 46.9. The summed E-state index contributed by atoms with van der Waals surface area (Å²) in [5.74, 6) is 0. The van der Waals surface area contributed by atoms with Crippen LogP contribution in [-0.2, 0) is 12.4 Å². The molecule has 9 heteroatoms. The fraction of sp³-hybridized carbons (Fsp3) is 0.109. The van der Waals surface area contributed by atoms with E-state index in [4.69, 9.17) is 0 Å². The van der Waals surface area contributed by atoms with Crippen LogP contribution in [-0.4, -0.2) is 9.13 Å². The van der Waals surface area contributed by atoms with Gasteiger partial charge in [0.15, 0.2) is 0 Å². The Balaban J connectivity index is 1.36. The van der Waals surface area contributed by atoms with Crippen molar-refractivity contribution in [2.75, 3.05) is 0 Å². The topological polar surface area (TPSA) is 33.6 Å². The second-order valence-electron chi connectivity index (χ2n) is 16.6. The molecule has 0 fully saturated rings. The zero-order valence-electron chi connectivity index (χ0n) is 35.0. The number of alkyl halides is 6. The molecule has 2 heterocycles. The molecule has 0 N–H and O–H groups in total. The number of nitrogens with zero attached hydrogens (tertiary/aromatic N) is 3. The summed E-state index contributed by atoms with van der Waals surface area (Å²) in [6.45, 7) is 8.11. The minimum Gasteiger partial charge on any atom is -0.308 e. The summed E-state index contributed by atoms with van der Waals surface area (Å²) >= 11 is 0. The largest absolute Gasteiger partial charge is 0.417 e. The smallest absolute Gasteiger partial charge is 0.308 e. The highest BCUT2D eigenvalue weighted by Crippen LogP contribution is 2.46. The summed E-state index contributed by atoms with van der Waals surface area (Å²) in [4.78, 5) is 0. The van der Waals surface area contributed by atoms with Gasteiger partial charge in [0.05, 0.1) is 44.6 Å². The molecule has 0 radical (unpaired) electrons. The highest BCUT2D eigenvalue weighted by molar-refractivity contribution is 6.12. The predicted octanol–water partition coefficient (Wildman–Crippen LogP) is 16.0. The second-order valence-corrected chi connectivity index (χ2v) is 16.6. The van der Waals surface area contributed by atoms with Gasteiger partial charge in [0.1, 0.15) is 11.6 Å². The predicted molar refractivity (Wildman–Crippen MR) is 245 cm³/mol. The van der Waals surface area contributed by atoms with Crippen molar-refractivity contribution in [2.45, 2.75) is 40.0 Å². The molecule has 8 aromatic carbocycles. The number of halogens is 6. The van der Waals surface area contributed by atoms with Crippen LogP contribution in [0.1, 0.15) is 38.9 Å². The number of fused-ring (bicyclic) bond motifs is 6. The molecule has 3 nitrogen and oxygen atoms in total. The maximum atomic E-state index is 15.1. The van der Waals surface area contributed by atoms with Crippen molar-refractivity contribution in [3.63, 3.8) is 0 Å². The van der Waals surface area contributed by atoms with E-state index in [1.54, 1.807) is 0 Å². The molecule has 314 valence electrons. The Morgan fingerprint density at radius 1 is 0.422 bits per heavy atom. The van der Waals surface area contributed by atoms with Crippen LogP contribution < -0.4 is 0 Å². The molecule has 0 bridgehead atoms. The Labute approximate surface area is 364 Å². The van der Waals surface area contributed by atoms with E-state index in [0.29, 0.717) is 28.1 Å². The molecule has 0 aliphatic heterocycles. The van der Waals surface area contributed by atoms with Gasteiger partial charge in [0, 0.05) is 21.5 Å². The van der Waals surface area contributed by atoms with E-state index in [1.165, 1.54) is 12.1 Å². The van der Waals surface area contributed by atoms with Crippen LogP contribution in [0.5, 0.6) is 0 Å². The standard InChI is InChI=1S/C55H37F6N3/c1-31-13-18-39(33(3)23-31)35-15-20-44-42-9-5-7-11-48(42)63(50(44)25-35)52-27-37(41-22-17-38(54(56,57)58)29-47(41)55(59,60)61)28-53(46(52)30-62)64-49-12-8-6-10-43(49)45-21-16-36(26-51(45)64)40-19-14-32(2)24-34(40)4/h5-29H,1-4H3.